The molecule has 1 saturated carbocycles. The Hall–Kier alpha value is -1.95. The first-order valence-corrected chi connectivity index (χ1v) is 8.85. The third kappa shape index (κ3) is 4.32. The molecule has 0 atom stereocenters. The summed E-state index contributed by atoms with van der Waals surface area (Å²) in [6, 6.07) is 1.92. The molecule has 0 spiro atoms. The number of ether oxygens (including phenoxy) is 2. The van der Waals surface area contributed by atoms with Crippen molar-refractivity contribution in [1.82, 2.24) is 15.1 Å². The molecule has 2 heterocycles. The van der Waals surface area contributed by atoms with E-state index < -0.39 is 0 Å². The molecular formula is C18H25N3O3. The maximum Gasteiger partial charge on any atom is 0.227 e. The first-order valence-electron chi connectivity index (χ1n) is 8.85. The minimum atomic E-state index is 0.526. The maximum absolute atomic E-state index is 5.92. The largest absolute Gasteiger partial charge is 0.491 e. The van der Waals surface area contributed by atoms with E-state index in [0.717, 1.165) is 25.0 Å². The Kier molecular flexibility index (Phi) is 5.80. The fourth-order valence-corrected chi connectivity index (χ4v) is 2.54. The fourth-order valence-electron chi connectivity index (χ4n) is 2.54. The van der Waals surface area contributed by atoms with E-state index >= 15 is 0 Å². The third-order valence-corrected chi connectivity index (χ3v) is 4.04. The van der Waals surface area contributed by atoms with Gasteiger partial charge in [-0.25, -0.2) is 0 Å². The van der Waals surface area contributed by atoms with E-state index in [1.165, 1.54) is 18.4 Å². The molecule has 0 radical (unpaired) electrons. The van der Waals surface area contributed by atoms with Gasteiger partial charge in [0.15, 0.2) is 0 Å². The van der Waals surface area contributed by atoms with Gasteiger partial charge in [-0.1, -0.05) is 18.5 Å². The molecule has 0 aliphatic heterocycles. The summed E-state index contributed by atoms with van der Waals surface area (Å²) in [7, 11) is 0. The topological polar surface area (TPSA) is 70.3 Å². The highest BCUT2D eigenvalue weighted by Gasteiger charge is 2.28. The number of aryl methyl sites for hydroxylation is 1. The molecule has 6 heteroatoms. The number of nitrogens with zero attached hydrogens (tertiary/aromatic N) is 3. The van der Waals surface area contributed by atoms with Crippen LogP contribution in [0.4, 0.5) is 0 Å². The van der Waals surface area contributed by atoms with E-state index in [1.54, 1.807) is 0 Å². The molecule has 24 heavy (non-hydrogen) atoms. The van der Waals surface area contributed by atoms with Gasteiger partial charge in [0.25, 0.3) is 0 Å². The summed E-state index contributed by atoms with van der Waals surface area (Å²) in [6.07, 6.45) is 7.25. The first kappa shape index (κ1) is 16.9. The van der Waals surface area contributed by atoms with Crippen LogP contribution in [0, 0.1) is 0 Å². The Labute approximate surface area is 142 Å². The van der Waals surface area contributed by atoms with Crippen LogP contribution in [-0.2, 0) is 11.2 Å². The molecule has 0 amide bonds. The van der Waals surface area contributed by atoms with Crippen LogP contribution >= 0.6 is 0 Å². The van der Waals surface area contributed by atoms with Gasteiger partial charge in [0.2, 0.25) is 11.7 Å². The van der Waals surface area contributed by atoms with Crippen molar-refractivity contribution in [2.24, 2.45) is 0 Å². The van der Waals surface area contributed by atoms with Crippen molar-refractivity contribution in [3.05, 3.63) is 23.7 Å². The zero-order valence-electron chi connectivity index (χ0n) is 14.5. The first-order chi connectivity index (χ1) is 11.8. The molecule has 0 aromatic carbocycles. The average molecular weight is 331 g/mol. The van der Waals surface area contributed by atoms with Crippen LogP contribution in [0.15, 0.2) is 16.8 Å². The number of pyridine rings is 1. The van der Waals surface area contributed by atoms with E-state index in [2.05, 4.69) is 22.0 Å². The molecule has 1 aliphatic carbocycles. The molecule has 2 aromatic heterocycles. The fraction of sp³-hybridized carbons (Fsp3) is 0.611. The lowest BCUT2D eigenvalue weighted by atomic mass is 10.1. The lowest BCUT2D eigenvalue weighted by Crippen LogP contribution is -2.08. The highest BCUT2D eigenvalue weighted by molar-refractivity contribution is 5.54. The molecule has 0 N–H and O–H groups in total. The number of hydrogen-bond acceptors (Lipinski definition) is 6. The van der Waals surface area contributed by atoms with Crippen molar-refractivity contribution in [1.29, 1.82) is 0 Å². The SMILES string of the molecule is CCCCc1nc(-c2cc(OCCOCC)c(C3CC3)cn2)no1. The summed E-state index contributed by atoms with van der Waals surface area (Å²) >= 11 is 0. The predicted octanol–water partition coefficient (Wildman–Crippen LogP) is 3.77. The molecule has 1 fully saturated rings. The number of aromatic nitrogens is 3. The Balaban J connectivity index is 1.74. The summed E-state index contributed by atoms with van der Waals surface area (Å²) in [6.45, 7) is 5.93. The van der Waals surface area contributed by atoms with Crippen LogP contribution in [0.1, 0.15) is 56.9 Å². The van der Waals surface area contributed by atoms with E-state index in [9.17, 15) is 0 Å². The van der Waals surface area contributed by atoms with Gasteiger partial charge in [-0.05, 0) is 32.1 Å². The quantitative estimate of drug-likeness (QED) is 0.617. The van der Waals surface area contributed by atoms with Gasteiger partial charge < -0.3 is 14.0 Å². The Morgan fingerprint density at radius 2 is 2.12 bits per heavy atom. The molecule has 0 saturated heterocycles. The van der Waals surface area contributed by atoms with Crippen LogP contribution in [0.25, 0.3) is 11.5 Å². The summed E-state index contributed by atoms with van der Waals surface area (Å²) in [5.41, 5.74) is 1.86. The van der Waals surface area contributed by atoms with Crippen molar-refractivity contribution < 1.29 is 14.0 Å². The van der Waals surface area contributed by atoms with Crippen molar-refractivity contribution in [3.63, 3.8) is 0 Å². The second-order valence-corrected chi connectivity index (χ2v) is 6.04. The molecule has 3 rings (SSSR count). The van der Waals surface area contributed by atoms with Crippen LogP contribution < -0.4 is 4.74 Å². The third-order valence-electron chi connectivity index (χ3n) is 4.04. The highest BCUT2D eigenvalue weighted by Crippen LogP contribution is 2.44. The molecule has 0 bridgehead atoms. The molecular weight excluding hydrogens is 306 g/mol. The van der Waals surface area contributed by atoms with Gasteiger partial charge in [0, 0.05) is 30.9 Å². The van der Waals surface area contributed by atoms with E-state index in [4.69, 9.17) is 14.0 Å². The van der Waals surface area contributed by atoms with Gasteiger partial charge in [-0.3, -0.25) is 4.98 Å². The summed E-state index contributed by atoms with van der Waals surface area (Å²) in [5, 5.41) is 4.05. The number of rotatable bonds is 10. The lowest BCUT2D eigenvalue weighted by Gasteiger charge is -2.11. The minimum absolute atomic E-state index is 0.526. The Bertz CT molecular complexity index is 653. The zero-order chi connectivity index (χ0) is 16.8. The van der Waals surface area contributed by atoms with Gasteiger partial charge in [0.05, 0.1) is 6.61 Å². The van der Waals surface area contributed by atoms with E-state index in [0.29, 0.717) is 43.1 Å². The molecule has 130 valence electrons. The smallest absolute Gasteiger partial charge is 0.227 e. The highest BCUT2D eigenvalue weighted by atomic mass is 16.5. The molecule has 2 aromatic rings. The van der Waals surface area contributed by atoms with E-state index in [-0.39, 0.29) is 0 Å². The van der Waals surface area contributed by atoms with Crippen molar-refractivity contribution in [2.75, 3.05) is 19.8 Å². The Morgan fingerprint density at radius 3 is 2.88 bits per heavy atom. The zero-order valence-corrected chi connectivity index (χ0v) is 14.5. The summed E-state index contributed by atoms with van der Waals surface area (Å²) in [5.74, 6) is 2.62. The van der Waals surface area contributed by atoms with Crippen molar-refractivity contribution >= 4 is 0 Å². The van der Waals surface area contributed by atoms with Crippen LogP contribution in [0.5, 0.6) is 5.75 Å². The maximum atomic E-state index is 5.92. The Morgan fingerprint density at radius 1 is 1.25 bits per heavy atom. The van der Waals surface area contributed by atoms with Crippen molar-refractivity contribution in [2.45, 2.75) is 51.9 Å². The second kappa shape index (κ2) is 8.24. The number of hydrogen-bond donors (Lipinski definition) is 0. The van der Waals surface area contributed by atoms with Crippen LogP contribution in [0.2, 0.25) is 0 Å². The second-order valence-electron chi connectivity index (χ2n) is 6.04. The average Bonchev–Trinajstić information content (AvgIpc) is 3.34. The van der Waals surface area contributed by atoms with E-state index in [1.807, 2.05) is 19.2 Å². The van der Waals surface area contributed by atoms with Gasteiger partial charge >= 0.3 is 0 Å². The molecule has 0 unspecified atom stereocenters. The van der Waals surface area contributed by atoms with Crippen molar-refractivity contribution in [3.8, 4) is 17.3 Å². The van der Waals surface area contributed by atoms with Crippen LogP contribution in [-0.4, -0.2) is 34.9 Å². The van der Waals surface area contributed by atoms with Crippen LogP contribution in [0.3, 0.4) is 0 Å². The van der Waals surface area contributed by atoms with Gasteiger partial charge in [0.1, 0.15) is 18.1 Å². The predicted molar refractivity (Wildman–Crippen MR) is 90.1 cm³/mol. The number of unbranched alkanes of at least 4 members (excludes halogenated alkanes) is 1. The summed E-state index contributed by atoms with van der Waals surface area (Å²) < 4.78 is 16.6. The molecule has 1 aliphatic rings. The minimum Gasteiger partial charge on any atom is -0.491 e. The monoisotopic (exact) mass is 331 g/mol. The lowest BCUT2D eigenvalue weighted by molar-refractivity contribution is 0.110. The normalized spacial score (nSPS) is 14.1. The standard InChI is InChI=1S/C18H25N3O3/c1-3-5-6-17-20-18(21-24-17)15-11-16(23-10-9-22-4-2)14(12-19-15)13-7-8-13/h11-13H,3-10H2,1-2H3. The van der Waals surface area contributed by atoms with Gasteiger partial charge in [-0.15, -0.1) is 0 Å². The van der Waals surface area contributed by atoms with Gasteiger partial charge in [-0.2, -0.15) is 4.98 Å². The molecule has 6 nitrogen and oxygen atoms in total. The summed E-state index contributed by atoms with van der Waals surface area (Å²) in [4.78, 5) is 8.95.